The molecule has 3 rings (SSSR count). The van der Waals surface area contributed by atoms with Gasteiger partial charge in [0.1, 0.15) is 10.3 Å². The summed E-state index contributed by atoms with van der Waals surface area (Å²) < 4.78 is 0.694. The minimum absolute atomic E-state index is 0.0133. The molecule has 0 spiro atoms. The van der Waals surface area contributed by atoms with Gasteiger partial charge < -0.3 is 4.90 Å². The molecule has 0 atom stereocenters. The third-order valence-electron chi connectivity index (χ3n) is 3.66. The van der Waals surface area contributed by atoms with Crippen molar-refractivity contribution in [3.05, 3.63) is 63.9 Å². The van der Waals surface area contributed by atoms with E-state index in [1.165, 1.54) is 5.56 Å². The standard InChI is InChI=1S/C17H17BrN2O/c1-12-5-7-13(8-6-12)11-20(14-9-10-14)17(21)15-3-2-4-16(18)19-15/h2-8,14H,9-11H2,1H3. The second-order valence-electron chi connectivity index (χ2n) is 5.50. The molecule has 0 saturated heterocycles. The Labute approximate surface area is 133 Å². The molecule has 0 radical (unpaired) electrons. The molecular weight excluding hydrogens is 328 g/mol. The highest BCUT2D eigenvalue weighted by Gasteiger charge is 2.33. The van der Waals surface area contributed by atoms with E-state index in [-0.39, 0.29) is 5.91 Å². The van der Waals surface area contributed by atoms with E-state index in [2.05, 4.69) is 52.1 Å². The Morgan fingerprint density at radius 3 is 2.57 bits per heavy atom. The lowest BCUT2D eigenvalue weighted by molar-refractivity contribution is 0.0723. The lowest BCUT2D eigenvalue weighted by Gasteiger charge is -2.22. The van der Waals surface area contributed by atoms with Gasteiger partial charge in [-0.15, -0.1) is 0 Å². The second kappa shape index (κ2) is 5.98. The van der Waals surface area contributed by atoms with Gasteiger partial charge in [-0.3, -0.25) is 4.79 Å². The highest BCUT2D eigenvalue weighted by atomic mass is 79.9. The molecule has 1 heterocycles. The van der Waals surface area contributed by atoms with Gasteiger partial charge in [-0.1, -0.05) is 35.9 Å². The van der Waals surface area contributed by atoms with Gasteiger partial charge in [-0.25, -0.2) is 4.98 Å². The summed E-state index contributed by atoms with van der Waals surface area (Å²) in [7, 11) is 0. The van der Waals surface area contributed by atoms with Gasteiger partial charge in [0.25, 0.3) is 5.91 Å². The molecule has 1 aromatic heterocycles. The Kier molecular flexibility index (Phi) is 4.06. The fourth-order valence-electron chi connectivity index (χ4n) is 2.32. The summed E-state index contributed by atoms with van der Waals surface area (Å²) >= 11 is 3.33. The van der Waals surface area contributed by atoms with Crippen molar-refractivity contribution in [2.75, 3.05) is 0 Å². The highest BCUT2D eigenvalue weighted by Crippen LogP contribution is 2.29. The molecule has 1 aromatic carbocycles. The van der Waals surface area contributed by atoms with Gasteiger partial charge >= 0.3 is 0 Å². The zero-order valence-electron chi connectivity index (χ0n) is 11.9. The number of halogens is 1. The van der Waals surface area contributed by atoms with Crippen molar-refractivity contribution in [2.24, 2.45) is 0 Å². The molecule has 1 saturated carbocycles. The van der Waals surface area contributed by atoms with Gasteiger partial charge in [0.05, 0.1) is 0 Å². The zero-order chi connectivity index (χ0) is 14.8. The SMILES string of the molecule is Cc1ccc(CN(C(=O)c2cccc(Br)n2)C2CC2)cc1. The molecule has 3 nitrogen and oxygen atoms in total. The largest absolute Gasteiger partial charge is 0.330 e. The quantitative estimate of drug-likeness (QED) is 0.786. The van der Waals surface area contributed by atoms with E-state index < -0.39 is 0 Å². The number of aromatic nitrogens is 1. The number of benzene rings is 1. The van der Waals surface area contributed by atoms with Crippen LogP contribution >= 0.6 is 15.9 Å². The molecule has 1 amide bonds. The van der Waals surface area contributed by atoms with Crippen molar-refractivity contribution in [3.63, 3.8) is 0 Å². The number of hydrogen-bond acceptors (Lipinski definition) is 2. The lowest BCUT2D eigenvalue weighted by atomic mass is 10.1. The number of aryl methyl sites for hydroxylation is 1. The minimum Gasteiger partial charge on any atom is -0.330 e. The summed E-state index contributed by atoms with van der Waals surface area (Å²) in [5.74, 6) is 0.0133. The van der Waals surface area contributed by atoms with Crippen LogP contribution in [0.4, 0.5) is 0 Å². The van der Waals surface area contributed by atoms with E-state index in [4.69, 9.17) is 0 Å². The molecule has 0 unspecified atom stereocenters. The molecule has 0 aliphatic heterocycles. The number of carbonyl (C=O) groups excluding carboxylic acids is 1. The van der Waals surface area contributed by atoms with Crippen LogP contribution in [0.15, 0.2) is 47.1 Å². The maximum Gasteiger partial charge on any atom is 0.273 e. The predicted molar refractivity (Wildman–Crippen MR) is 86.0 cm³/mol. The summed E-state index contributed by atoms with van der Waals surface area (Å²) in [6.07, 6.45) is 2.18. The van der Waals surface area contributed by atoms with Crippen LogP contribution in [-0.4, -0.2) is 21.8 Å². The van der Waals surface area contributed by atoms with Crippen molar-refractivity contribution in [3.8, 4) is 0 Å². The summed E-state index contributed by atoms with van der Waals surface area (Å²) in [6, 6.07) is 14.2. The normalized spacial score (nSPS) is 14.0. The van der Waals surface area contributed by atoms with Gasteiger partial charge in [0.15, 0.2) is 0 Å². The fourth-order valence-corrected chi connectivity index (χ4v) is 2.66. The maximum atomic E-state index is 12.7. The van der Waals surface area contributed by atoms with Crippen LogP contribution in [0.3, 0.4) is 0 Å². The van der Waals surface area contributed by atoms with Crippen LogP contribution in [0.25, 0.3) is 0 Å². The predicted octanol–water partition coefficient (Wildman–Crippen LogP) is 3.96. The average Bonchev–Trinajstić information content (AvgIpc) is 3.30. The van der Waals surface area contributed by atoms with Crippen molar-refractivity contribution < 1.29 is 4.79 Å². The molecule has 21 heavy (non-hydrogen) atoms. The molecule has 0 bridgehead atoms. The van der Waals surface area contributed by atoms with Crippen LogP contribution in [0.2, 0.25) is 0 Å². The third-order valence-corrected chi connectivity index (χ3v) is 4.10. The van der Waals surface area contributed by atoms with Gasteiger partial charge in [0.2, 0.25) is 0 Å². The topological polar surface area (TPSA) is 33.2 Å². The first-order valence-electron chi connectivity index (χ1n) is 7.12. The van der Waals surface area contributed by atoms with Crippen molar-refractivity contribution in [1.82, 2.24) is 9.88 Å². The Morgan fingerprint density at radius 1 is 1.24 bits per heavy atom. The van der Waals surface area contributed by atoms with Crippen LogP contribution in [0.1, 0.15) is 34.5 Å². The van der Waals surface area contributed by atoms with Crippen LogP contribution < -0.4 is 0 Å². The smallest absolute Gasteiger partial charge is 0.273 e. The number of nitrogens with zero attached hydrogens (tertiary/aromatic N) is 2. The zero-order valence-corrected chi connectivity index (χ0v) is 13.5. The number of rotatable bonds is 4. The van der Waals surface area contributed by atoms with Crippen molar-refractivity contribution in [1.29, 1.82) is 0 Å². The molecular formula is C17H17BrN2O. The summed E-state index contributed by atoms with van der Waals surface area (Å²) in [6.45, 7) is 2.72. The molecule has 2 aromatic rings. The number of pyridine rings is 1. The van der Waals surface area contributed by atoms with Gasteiger partial charge in [-0.2, -0.15) is 0 Å². The minimum atomic E-state index is 0.0133. The van der Waals surface area contributed by atoms with Crippen molar-refractivity contribution >= 4 is 21.8 Å². The Hall–Kier alpha value is -1.68. The van der Waals surface area contributed by atoms with Gasteiger partial charge in [0, 0.05) is 12.6 Å². The third kappa shape index (κ3) is 3.50. The van der Waals surface area contributed by atoms with Crippen LogP contribution in [0.5, 0.6) is 0 Å². The first kappa shape index (κ1) is 14.3. The number of hydrogen-bond donors (Lipinski definition) is 0. The lowest BCUT2D eigenvalue weighted by Crippen LogP contribution is -2.33. The van der Waals surface area contributed by atoms with E-state index in [9.17, 15) is 4.79 Å². The Balaban J connectivity index is 1.81. The Morgan fingerprint density at radius 2 is 1.95 bits per heavy atom. The molecule has 1 aliphatic carbocycles. The summed E-state index contributed by atoms with van der Waals surface area (Å²) in [4.78, 5) is 18.9. The molecule has 1 aliphatic rings. The van der Waals surface area contributed by atoms with E-state index in [0.29, 0.717) is 22.9 Å². The van der Waals surface area contributed by atoms with Crippen molar-refractivity contribution in [2.45, 2.75) is 32.4 Å². The summed E-state index contributed by atoms with van der Waals surface area (Å²) in [5.41, 5.74) is 2.90. The van der Waals surface area contributed by atoms with Crippen LogP contribution in [0, 0.1) is 6.92 Å². The van der Waals surface area contributed by atoms with E-state index >= 15 is 0 Å². The molecule has 4 heteroatoms. The first-order valence-corrected chi connectivity index (χ1v) is 7.92. The fraction of sp³-hybridized carbons (Fsp3) is 0.294. The average molecular weight is 345 g/mol. The second-order valence-corrected chi connectivity index (χ2v) is 6.31. The van der Waals surface area contributed by atoms with Crippen LogP contribution in [-0.2, 0) is 6.54 Å². The first-order chi connectivity index (χ1) is 10.1. The highest BCUT2D eigenvalue weighted by molar-refractivity contribution is 9.10. The van der Waals surface area contributed by atoms with E-state index in [0.717, 1.165) is 18.4 Å². The number of carbonyl (C=O) groups is 1. The van der Waals surface area contributed by atoms with Gasteiger partial charge in [-0.05, 0) is 53.4 Å². The van der Waals surface area contributed by atoms with E-state index in [1.54, 1.807) is 6.07 Å². The summed E-state index contributed by atoms with van der Waals surface area (Å²) in [5, 5.41) is 0. The number of amides is 1. The molecule has 1 fully saturated rings. The Bertz CT molecular complexity index is 650. The monoisotopic (exact) mass is 344 g/mol. The molecule has 0 N–H and O–H groups in total. The molecule has 108 valence electrons. The van der Waals surface area contributed by atoms with E-state index in [1.807, 2.05) is 17.0 Å². The maximum absolute atomic E-state index is 12.7.